The van der Waals surface area contributed by atoms with Gasteiger partial charge in [-0.2, -0.15) is 17.9 Å². The molecule has 0 aliphatic carbocycles. The molecule has 0 heterocycles. The largest absolute Gasteiger partial charge is 0.460 e. The molecule has 2 atom stereocenters. The van der Waals surface area contributed by atoms with Crippen LogP contribution in [-0.2, 0) is 30.3 Å². The molecule has 0 aliphatic rings. The number of hydrogen-bond acceptors (Lipinski definition) is 8. The summed E-state index contributed by atoms with van der Waals surface area (Å²) in [5, 5.41) is 16.9. The van der Waals surface area contributed by atoms with Crippen molar-refractivity contribution in [2.45, 2.75) is 127 Å². The summed E-state index contributed by atoms with van der Waals surface area (Å²) in [5.74, 6) is -0.338. The van der Waals surface area contributed by atoms with E-state index in [2.05, 4.69) is 89.0 Å². The first-order chi connectivity index (χ1) is 24.3. The fourth-order valence-electron chi connectivity index (χ4n) is 3.34. The van der Waals surface area contributed by atoms with Gasteiger partial charge in [-0.05, 0) is 82.9 Å². The van der Waals surface area contributed by atoms with E-state index < -0.39 is 5.60 Å². The third-order valence-corrected chi connectivity index (χ3v) is 6.36. The molecule has 0 aliphatic heterocycles. The van der Waals surface area contributed by atoms with Gasteiger partial charge in [-0.15, -0.1) is 0 Å². The molecule has 0 spiro atoms. The number of carbonyl (C=O) groups is 3. The Bertz CT molecular complexity index is 1150. The fourth-order valence-corrected chi connectivity index (χ4v) is 3.34. The number of aliphatic hydroxyl groups excluding tert-OH is 1. The highest BCUT2D eigenvalue weighted by Gasteiger charge is 2.21. The molecule has 0 bridgehead atoms. The number of aryl methyl sites for hydroxylation is 2. The van der Waals surface area contributed by atoms with Gasteiger partial charge < -0.3 is 24.7 Å². The number of amides is 1. The SMILES string of the molecule is CC.CCC(/C=C\CO[C@H](C)CC)C(=O)OC(C)(C)C.CCCC.CO.CS.Cc1ccc(-c2ccc(CC=O)c(C)c2)cc1.N#CCNC=O. The second kappa shape index (κ2) is 41.0. The van der Waals surface area contributed by atoms with E-state index in [9.17, 15) is 14.4 Å². The van der Waals surface area contributed by atoms with E-state index in [0.717, 1.165) is 31.8 Å². The lowest BCUT2D eigenvalue weighted by Crippen LogP contribution is -2.27. The van der Waals surface area contributed by atoms with Crippen molar-refractivity contribution in [2.75, 3.05) is 26.5 Å². The van der Waals surface area contributed by atoms with Crippen molar-refractivity contribution in [3.8, 4) is 17.2 Å². The molecule has 2 aromatic carbocycles. The third kappa shape index (κ3) is 36.2. The molecule has 8 nitrogen and oxygen atoms in total. The van der Waals surface area contributed by atoms with E-state index in [0.29, 0.717) is 19.4 Å². The average Bonchev–Trinajstić information content (AvgIpc) is 3.14. The number of benzene rings is 2. The summed E-state index contributed by atoms with van der Waals surface area (Å²) in [4.78, 5) is 31.7. The first-order valence-corrected chi connectivity index (χ1v) is 18.8. The van der Waals surface area contributed by atoms with Gasteiger partial charge in [0.05, 0.1) is 24.7 Å². The molecular weight excluding hydrogens is 661 g/mol. The molecular formula is C42H72N2O6S. The summed E-state index contributed by atoms with van der Waals surface area (Å²) in [6, 6.07) is 16.5. The number of hydrogen-bond donors (Lipinski definition) is 3. The van der Waals surface area contributed by atoms with Gasteiger partial charge in [0.25, 0.3) is 0 Å². The quantitative estimate of drug-likeness (QED) is 0.0468. The van der Waals surface area contributed by atoms with Crippen molar-refractivity contribution < 1.29 is 29.0 Å². The standard InChI is InChI=1S/C16H16O.C15H28O3.C4H10.C3H4N2O.C2H6.CH4O.CH4S/c1-12-3-5-15(6-4-12)16-8-7-14(9-10-17)13(2)11-16;1-7-12(3)17-11-9-10-13(8-2)14(16)18-15(4,5)6;1-3-4-2;4-1-2-5-3-6;3*1-2/h3-8,10-11H,9H2,1-2H3;9-10,12-13H,7-8,11H2,1-6H3;3-4H2,1-2H3;3H,2H2,(H,5,6);1-2H3;2*2H,1H3/b;10-9-;;;;;/t;12-,13?;;;;;/m.1...../s1. The molecule has 1 amide bonds. The smallest absolute Gasteiger partial charge is 0.313 e. The molecule has 0 radical (unpaired) electrons. The van der Waals surface area contributed by atoms with Crippen molar-refractivity contribution in [1.29, 1.82) is 5.26 Å². The number of ether oxygens (including phenoxy) is 2. The number of aliphatic hydroxyl groups is 1. The maximum Gasteiger partial charge on any atom is 0.313 e. The molecule has 51 heavy (non-hydrogen) atoms. The molecule has 9 heteroatoms. The molecule has 2 aromatic rings. The number of rotatable bonds is 13. The maximum atomic E-state index is 11.9. The summed E-state index contributed by atoms with van der Waals surface area (Å²) in [6.07, 6.45) is 12.1. The van der Waals surface area contributed by atoms with Crippen molar-refractivity contribution in [2.24, 2.45) is 5.92 Å². The molecule has 2 rings (SSSR count). The number of nitriles is 1. The van der Waals surface area contributed by atoms with Crippen LogP contribution in [0.2, 0.25) is 0 Å². The Kier molecular flexibility index (Phi) is 45.7. The summed E-state index contributed by atoms with van der Waals surface area (Å²) in [7, 11) is 1.00. The Balaban J connectivity index is -0.000000196. The summed E-state index contributed by atoms with van der Waals surface area (Å²) < 4.78 is 10.9. The first kappa shape index (κ1) is 56.9. The summed E-state index contributed by atoms with van der Waals surface area (Å²) >= 11 is 3.53. The highest BCUT2D eigenvalue weighted by Crippen LogP contribution is 2.23. The number of esters is 1. The second-order valence-electron chi connectivity index (χ2n) is 11.6. The lowest BCUT2D eigenvalue weighted by Gasteiger charge is -2.22. The van der Waals surface area contributed by atoms with Gasteiger partial charge >= 0.3 is 5.97 Å². The number of carbonyl (C=O) groups excluding carboxylic acids is 3. The van der Waals surface area contributed by atoms with Gasteiger partial charge in [-0.3, -0.25) is 9.59 Å². The van der Waals surface area contributed by atoms with Crippen molar-refractivity contribution in [3.63, 3.8) is 0 Å². The lowest BCUT2D eigenvalue weighted by molar-refractivity contribution is -0.158. The zero-order chi connectivity index (χ0) is 40.7. The van der Waals surface area contributed by atoms with Crippen LogP contribution >= 0.6 is 12.6 Å². The minimum atomic E-state index is -0.425. The highest BCUT2D eigenvalue weighted by molar-refractivity contribution is 7.79. The van der Waals surface area contributed by atoms with Crippen LogP contribution in [0.5, 0.6) is 0 Å². The van der Waals surface area contributed by atoms with E-state index in [1.807, 2.05) is 66.7 Å². The Morgan fingerprint density at radius 2 is 1.47 bits per heavy atom. The topological polar surface area (TPSA) is 126 Å². The van der Waals surface area contributed by atoms with Gasteiger partial charge in [0.15, 0.2) is 0 Å². The van der Waals surface area contributed by atoms with E-state index in [1.165, 1.54) is 35.1 Å². The number of nitrogens with one attached hydrogen (secondary N) is 1. The Labute approximate surface area is 317 Å². The molecule has 0 fully saturated rings. The third-order valence-electron chi connectivity index (χ3n) is 6.36. The van der Waals surface area contributed by atoms with Gasteiger partial charge in [-0.25, -0.2) is 0 Å². The predicted octanol–water partition coefficient (Wildman–Crippen LogP) is 9.68. The number of nitrogens with zero attached hydrogens (tertiary/aromatic N) is 1. The number of thiol groups is 1. The van der Waals surface area contributed by atoms with Crippen LogP contribution in [0.1, 0.15) is 112 Å². The number of aldehydes is 1. The van der Waals surface area contributed by atoms with Crippen LogP contribution in [0.25, 0.3) is 11.1 Å². The number of unbranched alkanes of at least 4 members (excludes halogenated alkanes) is 1. The van der Waals surface area contributed by atoms with Gasteiger partial charge in [0.1, 0.15) is 18.4 Å². The first-order valence-electron chi connectivity index (χ1n) is 17.9. The van der Waals surface area contributed by atoms with E-state index in [1.54, 1.807) is 12.3 Å². The van der Waals surface area contributed by atoms with E-state index in [4.69, 9.17) is 19.8 Å². The zero-order valence-corrected chi connectivity index (χ0v) is 35.2. The predicted molar refractivity (Wildman–Crippen MR) is 220 cm³/mol. The molecule has 1 unspecified atom stereocenters. The normalized spacial score (nSPS) is 10.6. The van der Waals surface area contributed by atoms with Crippen LogP contribution < -0.4 is 5.32 Å². The van der Waals surface area contributed by atoms with Crippen LogP contribution in [0.15, 0.2) is 54.6 Å². The van der Waals surface area contributed by atoms with Gasteiger partial charge in [-0.1, -0.05) is 115 Å². The van der Waals surface area contributed by atoms with Crippen LogP contribution in [0.4, 0.5) is 0 Å². The molecule has 2 N–H and O–H groups in total. The van der Waals surface area contributed by atoms with E-state index >= 15 is 0 Å². The summed E-state index contributed by atoms with van der Waals surface area (Å²) in [5.41, 5.74) is 5.55. The Morgan fingerprint density at radius 3 is 1.84 bits per heavy atom. The highest BCUT2D eigenvalue weighted by atomic mass is 32.1. The van der Waals surface area contributed by atoms with Crippen molar-refractivity contribution >= 4 is 31.3 Å². The van der Waals surface area contributed by atoms with Crippen molar-refractivity contribution in [3.05, 3.63) is 71.3 Å². The second-order valence-corrected chi connectivity index (χ2v) is 11.6. The Hall–Kier alpha value is -3.45. The van der Waals surface area contributed by atoms with Gasteiger partial charge in [0, 0.05) is 13.5 Å². The summed E-state index contributed by atoms with van der Waals surface area (Å²) in [6.45, 7) is 24.9. The van der Waals surface area contributed by atoms with Gasteiger partial charge in [0.2, 0.25) is 6.41 Å². The maximum absolute atomic E-state index is 11.9. The minimum absolute atomic E-state index is 0.101. The minimum Gasteiger partial charge on any atom is -0.460 e. The fraction of sp³-hybridized carbons (Fsp3) is 0.571. The van der Waals surface area contributed by atoms with Crippen LogP contribution in [-0.4, -0.2) is 62.0 Å². The molecule has 292 valence electrons. The molecule has 0 saturated carbocycles. The average molecular weight is 733 g/mol. The molecule has 0 aromatic heterocycles. The lowest BCUT2D eigenvalue weighted by atomic mass is 9.98. The molecule has 0 saturated heterocycles. The van der Waals surface area contributed by atoms with E-state index in [-0.39, 0.29) is 24.5 Å². The monoisotopic (exact) mass is 733 g/mol. The Morgan fingerprint density at radius 1 is 0.941 bits per heavy atom. The van der Waals surface area contributed by atoms with Crippen molar-refractivity contribution in [1.82, 2.24) is 5.32 Å². The van der Waals surface area contributed by atoms with Crippen LogP contribution in [0.3, 0.4) is 0 Å². The zero-order valence-electron chi connectivity index (χ0n) is 34.3. The van der Waals surface area contributed by atoms with Crippen LogP contribution in [0, 0.1) is 31.1 Å².